The molecule has 0 spiro atoms. The molecule has 2 N–H and O–H groups in total. The van der Waals surface area contributed by atoms with E-state index in [9.17, 15) is 10.2 Å². The van der Waals surface area contributed by atoms with E-state index in [4.69, 9.17) is 21.4 Å². The van der Waals surface area contributed by atoms with E-state index in [-0.39, 0.29) is 6.10 Å². The maximum absolute atomic E-state index is 11.2. The van der Waals surface area contributed by atoms with Crippen LogP contribution in [-0.4, -0.2) is 33.2 Å². The van der Waals surface area contributed by atoms with Crippen LogP contribution in [0.15, 0.2) is 54.6 Å². The Hall–Kier alpha value is -2.34. The predicted octanol–water partition coefficient (Wildman–Crippen LogP) is 4.32. The Bertz CT molecular complexity index is 943. The summed E-state index contributed by atoms with van der Waals surface area (Å²) in [5.74, 6) is 0.768. The molecule has 0 atom stereocenters. The van der Waals surface area contributed by atoms with Crippen molar-refractivity contribution in [1.82, 2.24) is 9.78 Å². The molecule has 1 heterocycles. The van der Waals surface area contributed by atoms with Crippen molar-refractivity contribution >= 4 is 11.6 Å². The molecule has 1 aliphatic carbocycles. The van der Waals surface area contributed by atoms with Crippen LogP contribution in [0.1, 0.15) is 31.4 Å². The van der Waals surface area contributed by atoms with Gasteiger partial charge in [0.15, 0.2) is 0 Å². The third-order valence-corrected chi connectivity index (χ3v) is 5.68. The molecule has 1 aliphatic rings. The summed E-state index contributed by atoms with van der Waals surface area (Å²) in [7, 11) is 1.63. The topological polar surface area (TPSA) is 67.5 Å². The first-order chi connectivity index (χ1) is 13.5. The lowest BCUT2D eigenvalue weighted by Crippen LogP contribution is -2.33. The van der Waals surface area contributed by atoms with Gasteiger partial charge < -0.3 is 14.9 Å². The monoisotopic (exact) mass is 398 g/mol. The van der Waals surface area contributed by atoms with Crippen molar-refractivity contribution in [2.75, 3.05) is 7.11 Å². The Kier molecular flexibility index (Phi) is 5.15. The molecule has 0 unspecified atom stereocenters. The Morgan fingerprint density at radius 1 is 1.07 bits per heavy atom. The average Bonchev–Trinajstić information content (AvgIpc) is 3.17. The van der Waals surface area contributed by atoms with Gasteiger partial charge in [-0.05, 0) is 68.1 Å². The summed E-state index contributed by atoms with van der Waals surface area (Å²) in [6.07, 6.45) is 1.78. The summed E-state index contributed by atoms with van der Waals surface area (Å²) in [4.78, 5) is 0. The third-order valence-electron chi connectivity index (χ3n) is 5.43. The zero-order chi connectivity index (χ0) is 19.7. The molecular weight excluding hydrogens is 376 g/mol. The smallest absolute Gasteiger partial charge is 0.119 e. The summed E-state index contributed by atoms with van der Waals surface area (Å²) in [6.45, 7) is 0. The van der Waals surface area contributed by atoms with Crippen molar-refractivity contribution in [1.29, 1.82) is 0 Å². The van der Waals surface area contributed by atoms with Crippen molar-refractivity contribution in [3.8, 4) is 22.7 Å². The van der Waals surface area contributed by atoms with Gasteiger partial charge in [-0.25, -0.2) is 4.68 Å². The van der Waals surface area contributed by atoms with Gasteiger partial charge in [0.05, 0.1) is 30.3 Å². The van der Waals surface area contributed by atoms with Gasteiger partial charge in [-0.15, -0.1) is 0 Å². The zero-order valence-electron chi connectivity index (χ0n) is 15.7. The molecule has 2 aromatic carbocycles. The molecule has 0 aliphatic heterocycles. The minimum absolute atomic E-state index is 0.348. The van der Waals surface area contributed by atoms with E-state index in [0.29, 0.717) is 36.4 Å². The molecule has 28 heavy (non-hydrogen) atoms. The number of halogens is 1. The molecule has 1 aromatic heterocycles. The lowest BCUT2D eigenvalue weighted by molar-refractivity contribution is -0.0393. The molecule has 4 rings (SSSR count). The number of ether oxygens (including phenoxy) is 1. The second kappa shape index (κ2) is 7.59. The summed E-state index contributed by atoms with van der Waals surface area (Å²) in [5.41, 5.74) is 2.30. The molecule has 6 heteroatoms. The Labute approximate surface area is 169 Å². The number of nitrogens with zero attached hydrogens (tertiary/aromatic N) is 2. The van der Waals surface area contributed by atoms with Crippen LogP contribution in [0.25, 0.3) is 16.9 Å². The van der Waals surface area contributed by atoms with Crippen LogP contribution < -0.4 is 4.74 Å². The van der Waals surface area contributed by atoms with E-state index in [0.717, 1.165) is 22.7 Å². The van der Waals surface area contributed by atoms with Gasteiger partial charge >= 0.3 is 0 Å². The molecule has 0 amide bonds. The summed E-state index contributed by atoms with van der Waals surface area (Å²) >= 11 is 6.05. The SMILES string of the molecule is COc1ccc(-n2nc(C3(O)CCC(O)CC3)cc2-c2ccc(Cl)cc2)cc1. The maximum Gasteiger partial charge on any atom is 0.119 e. The van der Waals surface area contributed by atoms with Gasteiger partial charge in [0, 0.05) is 10.6 Å². The molecule has 1 fully saturated rings. The van der Waals surface area contributed by atoms with Crippen molar-refractivity contribution in [2.45, 2.75) is 37.4 Å². The highest BCUT2D eigenvalue weighted by Gasteiger charge is 2.37. The summed E-state index contributed by atoms with van der Waals surface area (Å²) in [6, 6.07) is 17.1. The predicted molar refractivity (Wildman–Crippen MR) is 109 cm³/mol. The largest absolute Gasteiger partial charge is 0.497 e. The summed E-state index contributed by atoms with van der Waals surface area (Å²) < 4.78 is 7.09. The zero-order valence-corrected chi connectivity index (χ0v) is 16.4. The third kappa shape index (κ3) is 3.65. The van der Waals surface area contributed by atoms with Gasteiger partial charge in [0.1, 0.15) is 11.4 Å². The molecular formula is C22H23ClN2O3. The van der Waals surface area contributed by atoms with E-state index in [2.05, 4.69) is 0 Å². The summed E-state index contributed by atoms with van der Waals surface area (Å²) in [5, 5.41) is 26.4. The number of methoxy groups -OCH3 is 1. The molecule has 1 saturated carbocycles. The highest BCUT2D eigenvalue weighted by molar-refractivity contribution is 6.30. The van der Waals surface area contributed by atoms with E-state index >= 15 is 0 Å². The first-order valence-corrected chi connectivity index (χ1v) is 9.78. The van der Waals surface area contributed by atoms with E-state index in [1.807, 2.05) is 59.3 Å². The second-order valence-electron chi connectivity index (χ2n) is 7.29. The fourth-order valence-corrected chi connectivity index (χ4v) is 3.82. The van der Waals surface area contributed by atoms with Gasteiger partial charge in [-0.3, -0.25) is 0 Å². The highest BCUT2D eigenvalue weighted by Crippen LogP contribution is 2.38. The number of hydrogen-bond donors (Lipinski definition) is 2. The Morgan fingerprint density at radius 3 is 2.32 bits per heavy atom. The minimum atomic E-state index is -1.03. The molecule has 3 aromatic rings. The second-order valence-corrected chi connectivity index (χ2v) is 7.73. The quantitative estimate of drug-likeness (QED) is 0.686. The normalized spacial score (nSPS) is 22.2. The lowest BCUT2D eigenvalue weighted by Gasteiger charge is -2.32. The first-order valence-electron chi connectivity index (χ1n) is 9.40. The average molecular weight is 399 g/mol. The molecule has 0 saturated heterocycles. The van der Waals surface area contributed by atoms with Gasteiger partial charge in [0.2, 0.25) is 0 Å². The highest BCUT2D eigenvalue weighted by atomic mass is 35.5. The lowest BCUT2D eigenvalue weighted by atomic mass is 9.81. The van der Waals surface area contributed by atoms with Crippen LogP contribution in [0.4, 0.5) is 0 Å². The van der Waals surface area contributed by atoms with E-state index in [1.165, 1.54) is 0 Å². The van der Waals surface area contributed by atoms with Crippen molar-refractivity contribution in [2.24, 2.45) is 0 Å². The molecule has 0 bridgehead atoms. The Morgan fingerprint density at radius 2 is 1.71 bits per heavy atom. The number of aromatic nitrogens is 2. The fraction of sp³-hybridized carbons (Fsp3) is 0.318. The van der Waals surface area contributed by atoms with Crippen LogP contribution in [0.3, 0.4) is 0 Å². The minimum Gasteiger partial charge on any atom is -0.497 e. The van der Waals surface area contributed by atoms with Crippen molar-refractivity contribution < 1.29 is 14.9 Å². The number of hydrogen-bond acceptors (Lipinski definition) is 4. The number of benzene rings is 2. The van der Waals surface area contributed by atoms with Gasteiger partial charge in [-0.2, -0.15) is 5.10 Å². The maximum atomic E-state index is 11.2. The number of aliphatic hydroxyl groups excluding tert-OH is 1. The van der Waals surface area contributed by atoms with Crippen molar-refractivity contribution in [3.63, 3.8) is 0 Å². The number of rotatable bonds is 4. The van der Waals surface area contributed by atoms with Crippen LogP contribution in [-0.2, 0) is 5.60 Å². The van der Waals surface area contributed by atoms with Crippen LogP contribution in [0.5, 0.6) is 5.75 Å². The van der Waals surface area contributed by atoms with Gasteiger partial charge in [0.25, 0.3) is 0 Å². The standard InChI is InChI=1S/C22H23ClN2O3/c1-28-19-8-6-17(7-9-19)25-20(15-2-4-16(23)5-3-15)14-21(24-25)22(27)12-10-18(26)11-13-22/h2-9,14,18,26-27H,10-13H2,1H3. The Balaban J connectivity index is 1.80. The molecule has 0 radical (unpaired) electrons. The molecule has 5 nitrogen and oxygen atoms in total. The van der Waals surface area contributed by atoms with Gasteiger partial charge in [-0.1, -0.05) is 23.7 Å². The van der Waals surface area contributed by atoms with Crippen molar-refractivity contribution in [3.05, 3.63) is 65.3 Å². The van der Waals surface area contributed by atoms with Crippen LogP contribution >= 0.6 is 11.6 Å². The first kappa shape index (κ1) is 19.0. The van der Waals surface area contributed by atoms with E-state index in [1.54, 1.807) is 7.11 Å². The molecule has 146 valence electrons. The van der Waals surface area contributed by atoms with Crippen LogP contribution in [0.2, 0.25) is 5.02 Å². The fourth-order valence-electron chi connectivity index (χ4n) is 3.69. The van der Waals surface area contributed by atoms with E-state index < -0.39 is 5.60 Å². The van der Waals surface area contributed by atoms with Crippen LogP contribution in [0, 0.1) is 0 Å². The number of aliphatic hydroxyl groups is 2.